The molecule has 6 heterocycles. The van der Waals surface area contributed by atoms with Gasteiger partial charge in [0, 0.05) is 156 Å². The van der Waals surface area contributed by atoms with Gasteiger partial charge in [-0.15, -0.1) is 0 Å². The summed E-state index contributed by atoms with van der Waals surface area (Å²) in [5.41, 5.74) is 20.1. The van der Waals surface area contributed by atoms with Gasteiger partial charge in [0.25, 0.3) is 0 Å². The lowest BCUT2D eigenvalue weighted by atomic mass is 9.90. The van der Waals surface area contributed by atoms with Crippen molar-refractivity contribution in [3.63, 3.8) is 0 Å². The number of aromatic nitrogens is 4. The molecule has 0 aliphatic carbocycles. The van der Waals surface area contributed by atoms with Gasteiger partial charge in [0.1, 0.15) is 79.0 Å². The van der Waals surface area contributed by atoms with E-state index in [0.29, 0.717) is 56.2 Å². The Bertz CT molecular complexity index is 5260. The number of imidazole rings is 1. The van der Waals surface area contributed by atoms with Gasteiger partial charge < -0.3 is 114 Å². The normalized spacial score (nSPS) is 24.4. The maximum absolute atomic E-state index is 15.5. The average Bonchev–Trinajstić information content (AvgIpc) is 1.65. The Morgan fingerprint density at radius 2 is 1.17 bits per heavy atom. The van der Waals surface area contributed by atoms with Crippen LogP contribution in [0.1, 0.15) is 146 Å². The van der Waals surface area contributed by atoms with Crippen LogP contribution in [-0.4, -0.2) is 308 Å². The maximum Gasteiger partial charge on any atom is 0.323 e. The van der Waals surface area contributed by atoms with E-state index in [-0.39, 0.29) is 81.1 Å². The Hall–Kier alpha value is -13.5. The van der Waals surface area contributed by atoms with Crippen LogP contribution in [0.25, 0.3) is 21.8 Å². The number of nitrogens with zero attached hydrogens (tertiary/aromatic N) is 6. The molecule has 0 spiro atoms. The van der Waals surface area contributed by atoms with E-state index in [4.69, 9.17) is 17.2 Å². The van der Waals surface area contributed by atoms with Crippen molar-refractivity contribution < 1.29 is 112 Å². The monoisotopic (exact) mass is 1880 g/mol. The van der Waals surface area contributed by atoms with Crippen LogP contribution < -0.4 is 54.4 Å². The van der Waals surface area contributed by atoms with Gasteiger partial charge >= 0.3 is 11.9 Å². The van der Waals surface area contributed by atoms with E-state index in [2.05, 4.69) is 57.2 Å². The summed E-state index contributed by atoms with van der Waals surface area (Å²) in [4.78, 5) is 293. The molecule has 724 valence electrons. The number of hydrogen-bond acceptors (Lipinski definition) is 24. The fourth-order valence-electron chi connectivity index (χ4n) is 16.8. The predicted octanol–water partition coefficient (Wildman–Crippen LogP) is -0.661. The highest BCUT2D eigenvalue weighted by molar-refractivity contribution is 7.99. The van der Waals surface area contributed by atoms with E-state index in [1.165, 1.54) is 57.8 Å². The number of nitrogens with two attached hydrogens (primary N) is 3. The molecule has 14 atom stereocenters. The van der Waals surface area contributed by atoms with E-state index in [9.17, 15) is 73.2 Å². The number of H-pyrrole nitrogens is 3. The fourth-order valence-corrected chi connectivity index (χ4v) is 17.8. The van der Waals surface area contributed by atoms with E-state index in [1.807, 2.05) is 0 Å². The standard InChI is InChI=1S/C91H121N19O23S/c1-7-8-18-70-85(127)102-65(31-49(2)3)75(115)36-55(73(113)25-26-76(93)116)46-134-47-78(118)99-68(32-51-20-22-57(111)23-21-51)89(131)106(5)50(4)74(114)35-52(37-77(94)117)88(130)109-30-13-19-71(109)86(128)104-67(38-56-42-95-48-98-56)84(126)101-64(24-27-80(120)121)91(133)110-43-58(112)39-72(110)87(129)103-66(33-53-40-96-61-16-11-9-14-59(53)61)83(125)100-63(28-29-92)82(124)105-69(34-54-41-97-62-17-12-10-15-60(54)62)90(132)108(45-81(122)123)44-79(119)107(70)6/h9-12,14-17,20-23,40-42,48-50,52,55,58,63-72,96-97,111-112H,7-8,13,18-19,24-39,43-47,92H2,1-6H3,(H2,93,116)(H2,94,117)(H,95,98)(H,99,118)(H,100,125)(H,101,126)(H,102,127)(H,103,129)(H,104,128)(H,105,124)(H,120,121)(H,122,123)/t50-,52-,55-,58+,63-,64-,65-,66-,67-,68-,69-,70-,71-,72-/m0/s1. The van der Waals surface area contributed by atoms with Gasteiger partial charge in [-0.1, -0.05) is 82.1 Å². The van der Waals surface area contributed by atoms with Crippen molar-refractivity contribution in [2.24, 2.45) is 35.0 Å². The summed E-state index contributed by atoms with van der Waals surface area (Å²) in [7, 11) is 2.48. The number of aliphatic hydroxyl groups is 1. The molecular formula is C91H121N19O23S. The third-order valence-electron chi connectivity index (χ3n) is 24.2. The number of likely N-dealkylation sites (N-methyl/N-ethyl adjacent to an activating group) is 2. The summed E-state index contributed by atoms with van der Waals surface area (Å²) < 4.78 is 0. The van der Waals surface area contributed by atoms with Crippen LogP contribution in [0.5, 0.6) is 5.75 Å². The molecule has 3 fully saturated rings. The molecule has 20 N–H and O–H groups in total. The van der Waals surface area contributed by atoms with Crippen molar-refractivity contribution in [1.29, 1.82) is 0 Å². The summed E-state index contributed by atoms with van der Waals surface area (Å²) in [6, 6.07) is 1.80. The second-order valence-electron chi connectivity index (χ2n) is 34.7. The van der Waals surface area contributed by atoms with Crippen molar-refractivity contribution in [3.05, 3.63) is 120 Å². The zero-order valence-corrected chi connectivity index (χ0v) is 76.5. The third-order valence-corrected chi connectivity index (χ3v) is 25.3. The van der Waals surface area contributed by atoms with E-state index < -0.39 is 286 Å². The van der Waals surface area contributed by atoms with Crippen LogP contribution in [0.2, 0.25) is 0 Å². The Labute approximate surface area is 776 Å². The minimum atomic E-state index is -1.85. The zero-order valence-electron chi connectivity index (χ0n) is 75.7. The third kappa shape index (κ3) is 29.3. The largest absolute Gasteiger partial charge is 0.508 e. The van der Waals surface area contributed by atoms with Crippen molar-refractivity contribution in [2.75, 3.05) is 58.3 Å². The summed E-state index contributed by atoms with van der Waals surface area (Å²) in [6.07, 6.45) is -1.71. The zero-order chi connectivity index (χ0) is 97.9. The minimum absolute atomic E-state index is 0.0320. The molecule has 6 aromatic rings. The number of carboxylic acid groups (broad SMARTS) is 2. The number of para-hydroxylation sites is 2. The molecule has 0 saturated carbocycles. The minimum Gasteiger partial charge on any atom is -0.508 e. The highest BCUT2D eigenvalue weighted by Gasteiger charge is 2.47. The number of rotatable bonds is 26. The number of unbranched alkanes of at least 4 members (excludes halogenated alkanes) is 1. The Morgan fingerprint density at radius 3 is 1.77 bits per heavy atom. The number of aromatic hydroxyl groups is 1. The second kappa shape index (κ2) is 49.3. The molecule has 0 bridgehead atoms. The van der Waals surface area contributed by atoms with E-state index in [0.717, 1.165) is 31.4 Å². The number of ketones is 3. The number of fused-ring (bicyclic) bond motifs is 4. The molecule has 3 aliphatic rings. The maximum atomic E-state index is 15.5. The molecule has 14 amide bonds. The molecule has 3 aromatic carbocycles. The SMILES string of the molecule is CCCC[C@H]1C(=O)N[C@@H](CC(C)C)C(=O)C[C@H](C(=O)CCC(N)=O)CSCC(=O)N[C@@H](Cc2ccc(O)cc2)C(=O)N(C)[C@@H](C)C(=O)C[C@@H](CC(N)=O)C(=O)N2CCC[C@H]2C(=O)N[C@@H](Cc2cnc[nH]2)C(=O)N[C@@H](CCC(=O)O)C(=O)N2C[C@H](O)C[C@H]2C(=O)N[C@@H](Cc2c[nH]c3ccccc23)C(=O)N[C@@H](CCN)C(=O)N[C@@H](Cc2c[nH]c3ccccc23)C(=O)N(CC(=O)O)CC(=O)N1C. The molecule has 3 aliphatic heterocycles. The van der Waals surface area contributed by atoms with Gasteiger partial charge in [0.15, 0.2) is 11.6 Å². The molecule has 3 saturated heterocycles. The number of phenolic OH excluding ortho intramolecular Hbond substituents is 1. The van der Waals surface area contributed by atoms with Crippen molar-refractivity contribution in [2.45, 2.75) is 222 Å². The number of aliphatic carboxylic acids is 2. The van der Waals surface area contributed by atoms with E-state index >= 15 is 38.4 Å². The summed E-state index contributed by atoms with van der Waals surface area (Å²) in [6.45, 7) is 3.35. The highest BCUT2D eigenvalue weighted by Crippen LogP contribution is 2.30. The van der Waals surface area contributed by atoms with Gasteiger partial charge in [-0.2, -0.15) is 11.8 Å². The molecular weight excluding hydrogens is 1760 g/mol. The molecule has 3 aromatic heterocycles. The first kappa shape index (κ1) is 104. The number of nitrogens with one attached hydrogen (secondary N) is 10. The fraction of sp³-hybridized carbons (Fsp3) is 0.516. The number of phenols is 1. The lowest BCUT2D eigenvalue weighted by Gasteiger charge is -2.33. The van der Waals surface area contributed by atoms with Crippen molar-refractivity contribution >= 4 is 146 Å². The quantitative estimate of drug-likeness (QED) is 0.0320. The number of amides is 14. The Balaban J connectivity index is 1.10. The molecule has 0 unspecified atom stereocenters. The average molecular weight is 1880 g/mol. The highest BCUT2D eigenvalue weighted by atomic mass is 32.2. The number of carbonyl (C=O) groups excluding carboxylic acids is 17. The van der Waals surface area contributed by atoms with Crippen LogP contribution in [0, 0.1) is 17.8 Å². The van der Waals surface area contributed by atoms with Gasteiger partial charge in [-0.3, -0.25) is 91.1 Å². The van der Waals surface area contributed by atoms with Crippen molar-refractivity contribution in [1.82, 2.24) is 81.7 Å². The smallest absolute Gasteiger partial charge is 0.323 e. The van der Waals surface area contributed by atoms with Crippen LogP contribution in [0.4, 0.5) is 0 Å². The number of carbonyl (C=O) groups is 19. The van der Waals surface area contributed by atoms with Crippen LogP contribution in [-0.2, 0) is 117 Å². The van der Waals surface area contributed by atoms with Crippen LogP contribution in [0.15, 0.2) is 97.7 Å². The number of aliphatic hydroxyl groups excluding tert-OH is 1. The number of primary amides is 2. The number of benzene rings is 3. The first-order valence-corrected chi connectivity index (χ1v) is 45.8. The lowest BCUT2D eigenvalue weighted by Crippen LogP contribution is -2.61. The number of hydrogen-bond donors (Lipinski definition) is 17. The predicted molar refractivity (Wildman–Crippen MR) is 486 cm³/mol. The Morgan fingerprint density at radius 1 is 0.582 bits per heavy atom. The van der Waals surface area contributed by atoms with E-state index in [1.54, 1.807) is 81.7 Å². The molecule has 42 nitrogen and oxygen atoms in total. The van der Waals surface area contributed by atoms with Gasteiger partial charge in [0.05, 0.1) is 36.2 Å². The molecule has 134 heavy (non-hydrogen) atoms. The lowest BCUT2D eigenvalue weighted by molar-refractivity contribution is -0.150. The van der Waals surface area contributed by atoms with Gasteiger partial charge in [-0.25, -0.2) is 4.98 Å². The van der Waals surface area contributed by atoms with Crippen LogP contribution in [0.3, 0.4) is 0 Å². The molecule has 43 heteroatoms. The van der Waals surface area contributed by atoms with Gasteiger partial charge in [0.2, 0.25) is 82.7 Å². The number of aromatic amines is 3. The van der Waals surface area contributed by atoms with Crippen molar-refractivity contribution in [3.8, 4) is 5.75 Å². The molecule has 9 rings (SSSR count). The first-order valence-electron chi connectivity index (χ1n) is 44.7. The summed E-state index contributed by atoms with van der Waals surface area (Å²) in [5, 5.41) is 62.1. The number of carboxylic acids is 2. The van der Waals surface area contributed by atoms with Crippen LogP contribution >= 0.6 is 11.8 Å². The Kier molecular flexibility index (Phi) is 38.4. The number of Topliss-reactive ketones (excluding diaryl/α,β-unsaturated/α-hetero) is 3. The number of thioether (sulfide) groups is 1. The summed E-state index contributed by atoms with van der Waals surface area (Å²) >= 11 is 0.861. The molecule has 0 radical (unpaired) electrons. The summed E-state index contributed by atoms with van der Waals surface area (Å²) in [5.74, 6) is -23.1. The first-order chi connectivity index (χ1) is 63.7. The topological polar surface area (TPSA) is 644 Å². The second-order valence-corrected chi connectivity index (χ2v) is 35.7. The van der Waals surface area contributed by atoms with Gasteiger partial charge in [-0.05, 0) is 98.9 Å².